The van der Waals surface area contributed by atoms with Crippen molar-refractivity contribution in [2.45, 2.75) is 39.2 Å². The molecule has 2 rings (SSSR count). The van der Waals surface area contributed by atoms with Gasteiger partial charge in [0.15, 0.2) is 0 Å². The van der Waals surface area contributed by atoms with Crippen LogP contribution < -0.4 is 5.32 Å². The van der Waals surface area contributed by atoms with Crippen LogP contribution in [0.5, 0.6) is 0 Å². The molecule has 0 spiro atoms. The fraction of sp³-hybridized carbons (Fsp3) is 0.929. The first kappa shape index (κ1) is 13.8. The van der Waals surface area contributed by atoms with Crippen LogP contribution in [-0.2, 0) is 4.79 Å². The van der Waals surface area contributed by atoms with Gasteiger partial charge in [-0.15, -0.1) is 0 Å². The molecule has 4 nitrogen and oxygen atoms in total. The molecule has 0 aromatic rings. The van der Waals surface area contributed by atoms with Gasteiger partial charge in [-0.1, -0.05) is 13.8 Å². The van der Waals surface area contributed by atoms with Crippen LogP contribution in [0.15, 0.2) is 0 Å². The Bertz CT molecular complexity index is 290. The van der Waals surface area contributed by atoms with Crippen LogP contribution in [0.25, 0.3) is 0 Å². The summed E-state index contributed by atoms with van der Waals surface area (Å²) in [4.78, 5) is 13.0. The summed E-state index contributed by atoms with van der Waals surface area (Å²) in [6.45, 7) is 7.62. The minimum Gasteiger partial charge on any atom is -0.480 e. The third kappa shape index (κ3) is 4.25. The Hall–Kier alpha value is -0.610. The number of aliphatic carboxylic acids is 1. The zero-order chi connectivity index (χ0) is 13.1. The molecule has 2 N–H and O–H groups in total. The SMILES string of the molecule is CC(C)C1CC(NCC2CC2)CN(CC(=O)O)C1. The van der Waals surface area contributed by atoms with Gasteiger partial charge in [0.25, 0.3) is 0 Å². The van der Waals surface area contributed by atoms with Gasteiger partial charge in [-0.2, -0.15) is 0 Å². The van der Waals surface area contributed by atoms with E-state index in [1.54, 1.807) is 0 Å². The number of carboxylic acids is 1. The molecule has 1 aliphatic heterocycles. The van der Waals surface area contributed by atoms with Crippen LogP contribution in [-0.4, -0.2) is 48.2 Å². The third-order valence-corrected chi connectivity index (χ3v) is 4.25. The topological polar surface area (TPSA) is 52.6 Å². The fourth-order valence-corrected chi connectivity index (χ4v) is 2.84. The number of nitrogens with one attached hydrogen (secondary N) is 1. The minimum atomic E-state index is -0.708. The zero-order valence-corrected chi connectivity index (χ0v) is 11.6. The highest BCUT2D eigenvalue weighted by atomic mass is 16.4. The Labute approximate surface area is 110 Å². The van der Waals surface area contributed by atoms with E-state index in [9.17, 15) is 4.79 Å². The molecule has 18 heavy (non-hydrogen) atoms. The number of carboxylic acid groups (broad SMARTS) is 1. The highest BCUT2D eigenvalue weighted by Gasteiger charge is 2.31. The Morgan fingerprint density at radius 1 is 1.39 bits per heavy atom. The molecule has 1 saturated heterocycles. The van der Waals surface area contributed by atoms with Crippen molar-refractivity contribution < 1.29 is 9.90 Å². The van der Waals surface area contributed by atoms with Gasteiger partial charge in [-0.25, -0.2) is 0 Å². The summed E-state index contributed by atoms with van der Waals surface area (Å²) >= 11 is 0. The number of piperidine rings is 1. The first-order valence-electron chi connectivity index (χ1n) is 7.22. The molecule has 2 fully saturated rings. The molecule has 0 aromatic heterocycles. The largest absolute Gasteiger partial charge is 0.480 e. The average molecular weight is 254 g/mol. The van der Waals surface area contributed by atoms with Crippen molar-refractivity contribution >= 4 is 5.97 Å². The van der Waals surface area contributed by atoms with E-state index in [1.807, 2.05) is 0 Å². The molecule has 104 valence electrons. The maximum atomic E-state index is 10.9. The molecule has 2 aliphatic rings. The maximum Gasteiger partial charge on any atom is 0.317 e. The number of hydrogen-bond acceptors (Lipinski definition) is 3. The van der Waals surface area contributed by atoms with Crippen molar-refractivity contribution in [3.63, 3.8) is 0 Å². The van der Waals surface area contributed by atoms with E-state index < -0.39 is 5.97 Å². The van der Waals surface area contributed by atoms with Gasteiger partial charge in [0.05, 0.1) is 6.54 Å². The molecule has 1 heterocycles. The number of hydrogen-bond donors (Lipinski definition) is 2. The highest BCUT2D eigenvalue weighted by molar-refractivity contribution is 5.69. The van der Waals surface area contributed by atoms with Gasteiger partial charge < -0.3 is 10.4 Å². The van der Waals surface area contributed by atoms with E-state index in [2.05, 4.69) is 24.1 Å². The molecule has 1 saturated carbocycles. The van der Waals surface area contributed by atoms with Crippen LogP contribution in [0, 0.1) is 17.8 Å². The monoisotopic (exact) mass is 254 g/mol. The van der Waals surface area contributed by atoms with Gasteiger partial charge in [0.1, 0.15) is 0 Å². The van der Waals surface area contributed by atoms with E-state index in [0.717, 1.165) is 25.6 Å². The molecule has 0 amide bonds. The van der Waals surface area contributed by atoms with Gasteiger partial charge >= 0.3 is 5.97 Å². The first-order valence-corrected chi connectivity index (χ1v) is 7.22. The quantitative estimate of drug-likeness (QED) is 0.752. The van der Waals surface area contributed by atoms with E-state index in [0.29, 0.717) is 17.9 Å². The minimum absolute atomic E-state index is 0.185. The van der Waals surface area contributed by atoms with E-state index in [1.165, 1.54) is 19.3 Å². The molecule has 1 aliphatic carbocycles. The van der Waals surface area contributed by atoms with Crippen LogP contribution in [0.2, 0.25) is 0 Å². The summed E-state index contributed by atoms with van der Waals surface area (Å²) in [7, 11) is 0. The lowest BCUT2D eigenvalue weighted by atomic mass is 9.85. The number of likely N-dealkylation sites (tertiary alicyclic amines) is 1. The molecule has 0 aromatic carbocycles. The number of nitrogens with zero attached hydrogens (tertiary/aromatic N) is 1. The van der Waals surface area contributed by atoms with Gasteiger partial charge in [-0.3, -0.25) is 9.69 Å². The summed E-state index contributed by atoms with van der Waals surface area (Å²) < 4.78 is 0. The molecular formula is C14H26N2O2. The normalized spacial score (nSPS) is 29.7. The number of rotatable bonds is 6. The standard InChI is InChI=1S/C14H26N2O2/c1-10(2)12-5-13(15-6-11-3-4-11)8-16(7-12)9-14(17)18/h10-13,15H,3-9H2,1-2H3,(H,17,18). The van der Waals surface area contributed by atoms with Crippen molar-refractivity contribution in [3.05, 3.63) is 0 Å². The van der Waals surface area contributed by atoms with Crippen molar-refractivity contribution in [2.24, 2.45) is 17.8 Å². The lowest BCUT2D eigenvalue weighted by Crippen LogP contribution is -2.51. The fourth-order valence-electron chi connectivity index (χ4n) is 2.84. The Kier molecular flexibility index (Phi) is 4.62. The predicted molar refractivity (Wildman–Crippen MR) is 71.5 cm³/mol. The number of carbonyl (C=O) groups is 1. The Morgan fingerprint density at radius 2 is 2.11 bits per heavy atom. The lowest BCUT2D eigenvalue weighted by Gasteiger charge is -2.39. The van der Waals surface area contributed by atoms with Gasteiger partial charge in [0.2, 0.25) is 0 Å². The molecule has 4 heteroatoms. The second-order valence-corrected chi connectivity index (χ2v) is 6.38. The Morgan fingerprint density at radius 3 is 2.67 bits per heavy atom. The predicted octanol–water partition coefficient (Wildman–Crippen LogP) is 1.42. The van der Waals surface area contributed by atoms with Crippen molar-refractivity contribution in [1.82, 2.24) is 10.2 Å². The van der Waals surface area contributed by atoms with E-state index in [-0.39, 0.29) is 6.54 Å². The van der Waals surface area contributed by atoms with Crippen LogP contribution in [0.3, 0.4) is 0 Å². The Balaban J connectivity index is 1.85. The summed E-state index contributed by atoms with van der Waals surface area (Å²) in [6.07, 6.45) is 3.93. The third-order valence-electron chi connectivity index (χ3n) is 4.25. The van der Waals surface area contributed by atoms with Crippen LogP contribution >= 0.6 is 0 Å². The summed E-state index contributed by atoms with van der Waals surface area (Å²) in [6, 6.07) is 0.478. The van der Waals surface area contributed by atoms with Gasteiger partial charge in [0, 0.05) is 19.1 Å². The molecule has 0 bridgehead atoms. The average Bonchev–Trinajstić information content (AvgIpc) is 3.08. The van der Waals surface area contributed by atoms with Crippen LogP contribution in [0.1, 0.15) is 33.1 Å². The molecule has 0 radical (unpaired) electrons. The highest BCUT2D eigenvalue weighted by Crippen LogP contribution is 2.29. The van der Waals surface area contributed by atoms with Crippen molar-refractivity contribution in [3.8, 4) is 0 Å². The summed E-state index contributed by atoms with van der Waals surface area (Å²) in [5.41, 5.74) is 0. The summed E-state index contributed by atoms with van der Waals surface area (Å²) in [5.74, 6) is 1.43. The smallest absolute Gasteiger partial charge is 0.317 e. The molecule has 2 unspecified atom stereocenters. The maximum absolute atomic E-state index is 10.9. The second kappa shape index (κ2) is 6.02. The van der Waals surface area contributed by atoms with Crippen LogP contribution in [0.4, 0.5) is 0 Å². The molecule has 2 atom stereocenters. The first-order chi connectivity index (χ1) is 8.54. The summed E-state index contributed by atoms with van der Waals surface area (Å²) in [5, 5.41) is 12.6. The second-order valence-electron chi connectivity index (χ2n) is 6.38. The molecular weight excluding hydrogens is 228 g/mol. The van der Waals surface area contributed by atoms with E-state index in [4.69, 9.17) is 5.11 Å². The van der Waals surface area contributed by atoms with E-state index >= 15 is 0 Å². The lowest BCUT2D eigenvalue weighted by molar-refractivity contribution is -0.139. The zero-order valence-electron chi connectivity index (χ0n) is 11.6. The van der Waals surface area contributed by atoms with Crippen molar-refractivity contribution in [1.29, 1.82) is 0 Å². The van der Waals surface area contributed by atoms with Crippen molar-refractivity contribution in [2.75, 3.05) is 26.2 Å². The van der Waals surface area contributed by atoms with Gasteiger partial charge in [-0.05, 0) is 43.6 Å².